The van der Waals surface area contributed by atoms with Gasteiger partial charge in [0.15, 0.2) is 10.8 Å². The second kappa shape index (κ2) is 5.90. The number of anilines is 1. The molecular formula is C17H18N4O2S. The van der Waals surface area contributed by atoms with E-state index in [4.69, 9.17) is 4.74 Å². The minimum absolute atomic E-state index is 0.100. The van der Waals surface area contributed by atoms with Gasteiger partial charge in [-0.3, -0.25) is 4.68 Å². The molecule has 7 heteroatoms. The van der Waals surface area contributed by atoms with Gasteiger partial charge in [-0.15, -0.1) is 0 Å². The number of hydrogen-bond donors (Lipinski definition) is 0. The van der Waals surface area contributed by atoms with Crippen molar-refractivity contribution in [3.8, 4) is 0 Å². The van der Waals surface area contributed by atoms with Crippen molar-refractivity contribution in [2.24, 2.45) is 0 Å². The minimum atomic E-state index is -0.348. The van der Waals surface area contributed by atoms with Crippen molar-refractivity contribution >= 4 is 32.7 Å². The van der Waals surface area contributed by atoms with Gasteiger partial charge in [0.2, 0.25) is 0 Å². The molecule has 1 fully saturated rings. The first-order valence-corrected chi connectivity index (χ1v) is 8.81. The van der Waals surface area contributed by atoms with Gasteiger partial charge < -0.3 is 9.64 Å². The number of fused-ring (bicyclic) bond motifs is 1. The third-order valence-corrected chi connectivity index (χ3v) is 5.26. The van der Waals surface area contributed by atoms with Gasteiger partial charge in [-0.05, 0) is 32.0 Å². The number of nitrogens with zero attached hydrogens (tertiary/aromatic N) is 4. The number of ether oxygens (including phenoxy) is 1. The van der Waals surface area contributed by atoms with Crippen molar-refractivity contribution in [1.82, 2.24) is 14.8 Å². The standard InChI is InChI=1S/C17H18N4O2S/c1-3-21-11(2)8-14(19-21)16(22)23-12-9-20(10-12)17-18-13-6-4-5-7-15(13)24-17/h4-8,12H,3,9-10H2,1-2H3. The molecule has 0 saturated carbocycles. The van der Waals surface area contributed by atoms with Crippen molar-refractivity contribution in [1.29, 1.82) is 0 Å². The summed E-state index contributed by atoms with van der Waals surface area (Å²) in [6.45, 7) is 6.04. The quantitative estimate of drug-likeness (QED) is 0.682. The maximum Gasteiger partial charge on any atom is 0.359 e. The SMILES string of the molecule is CCn1nc(C(=O)OC2CN(c3nc4ccccc4s3)C2)cc1C. The molecule has 3 aromatic rings. The lowest BCUT2D eigenvalue weighted by molar-refractivity contribution is 0.0226. The number of aromatic nitrogens is 3. The molecule has 24 heavy (non-hydrogen) atoms. The zero-order valence-electron chi connectivity index (χ0n) is 13.6. The number of rotatable bonds is 4. The maximum atomic E-state index is 12.2. The van der Waals surface area contributed by atoms with E-state index in [9.17, 15) is 4.79 Å². The van der Waals surface area contributed by atoms with E-state index in [-0.39, 0.29) is 12.1 Å². The van der Waals surface area contributed by atoms with Crippen LogP contribution in [0.4, 0.5) is 5.13 Å². The van der Waals surface area contributed by atoms with Gasteiger partial charge in [0.1, 0.15) is 6.10 Å². The first-order chi connectivity index (χ1) is 11.6. The Balaban J connectivity index is 1.37. The molecule has 2 aromatic heterocycles. The predicted octanol–water partition coefficient (Wildman–Crippen LogP) is 2.87. The van der Waals surface area contributed by atoms with Crippen molar-refractivity contribution in [2.45, 2.75) is 26.5 Å². The minimum Gasteiger partial charge on any atom is -0.454 e. The van der Waals surface area contributed by atoms with Crippen molar-refractivity contribution < 1.29 is 9.53 Å². The summed E-state index contributed by atoms with van der Waals surface area (Å²) >= 11 is 1.67. The topological polar surface area (TPSA) is 60.3 Å². The summed E-state index contributed by atoms with van der Waals surface area (Å²) < 4.78 is 8.50. The lowest BCUT2D eigenvalue weighted by Crippen LogP contribution is -2.53. The molecule has 0 aliphatic carbocycles. The van der Waals surface area contributed by atoms with E-state index in [0.29, 0.717) is 18.8 Å². The Bertz CT molecular complexity index is 862. The highest BCUT2D eigenvalue weighted by atomic mass is 32.1. The molecule has 3 heterocycles. The monoisotopic (exact) mass is 342 g/mol. The molecule has 0 atom stereocenters. The Morgan fingerprint density at radius 3 is 2.88 bits per heavy atom. The summed E-state index contributed by atoms with van der Waals surface area (Å²) in [4.78, 5) is 18.9. The van der Waals surface area contributed by atoms with E-state index >= 15 is 0 Å². The second-order valence-electron chi connectivity index (χ2n) is 5.88. The van der Waals surface area contributed by atoms with Crippen LogP contribution >= 0.6 is 11.3 Å². The highest BCUT2D eigenvalue weighted by Gasteiger charge is 2.32. The van der Waals surface area contributed by atoms with Crippen LogP contribution in [0.2, 0.25) is 0 Å². The van der Waals surface area contributed by atoms with Crippen LogP contribution in [0.1, 0.15) is 23.1 Å². The first-order valence-electron chi connectivity index (χ1n) is 8.00. The van der Waals surface area contributed by atoms with Gasteiger partial charge in [-0.2, -0.15) is 5.10 Å². The number of esters is 1. The molecule has 0 unspecified atom stereocenters. The molecule has 0 radical (unpaired) electrons. The van der Waals surface area contributed by atoms with E-state index in [1.807, 2.05) is 32.0 Å². The smallest absolute Gasteiger partial charge is 0.359 e. The highest BCUT2D eigenvalue weighted by Crippen LogP contribution is 2.31. The Kier molecular flexibility index (Phi) is 3.72. The molecular weight excluding hydrogens is 324 g/mol. The molecule has 0 N–H and O–H groups in total. The van der Waals surface area contributed by atoms with Gasteiger partial charge in [0.25, 0.3) is 0 Å². The Labute approximate surface area is 143 Å². The van der Waals surface area contributed by atoms with Crippen LogP contribution in [0.15, 0.2) is 30.3 Å². The molecule has 4 rings (SSSR count). The summed E-state index contributed by atoms with van der Waals surface area (Å²) in [7, 11) is 0. The molecule has 1 aromatic carbocycles. The molecule has 124 valence electrons. The third kappa shape index (κ3) is 2.65. The summed E-state index contributed by atoms with van der Waals surface area (Å²) in [6, 6.07) is 9.86. The first kappa shape index (κ1) is 15.1. The summed E-state index contributed by atoms with van der Waals surface area (Å²) in [5.74, 6) is -0.348. The Hall–Kier alpha value is -2.41. The van der Waals surface area contributed by atoms with E-state index in [2.05, 4.69) is 21.0 Å². The summed E-state index contributed by atoms with van der Waals surface area (Å²) in [6.07, 6.45) is -0.100. The fourth-order valence-corrected chi connectivity index (χ4v) is 3.79. The van der Waals surface area contributed by atoms with Crippen LogP contribution in [0.3, 0.4) is 0 Å². The van der Waals surface area contributed by atoms with Gasteiger partial charge in [0, 0.05) is 12.2 Å². The fourth-order valence-electron chi connectivity index (χ4n) is 2.81. The molecule has 0 spiro atoms. The van der Waals surface area contributed by atoms with Crippen LogP contribution in [0, 0.1) is 6.92 Å². The van der Waals surface area contributed by atoms with Crippen LogP contribution in [0.5, 0.6) is 0 Å². The van der Waals surface area contributed by atoms with Crippen molar-refractivity contribution in [2.75, 3.05) is 18.0 Å². The van der Waals surface area contributed by atoms with Gasteiger partial charge in [0.05, 0.1) is 23.3 Å². The van der Waals surface area contributed by atoms with Gasteiger partial charge in [-0.25, -0.2) is 9.78 Å². The zero-order chi connectivity index (χ0) is 16.7. The van der Waals surface area contributed by atoms with Crippen LogP contribution < -0.4 is 4.90 Å². The number of benzene rings is 1. The largest absolute Gasteiger partial charge is 0.454 e. The Morgan fingerprint density at radius 1 is 1.38 bits per heavy atom. The number of hydrogen-bond acceptors (Lipinski definition) is 6. The van der Waals surface area contributed by atoms with E-state index < -0.39 is 0 Å². The lowest BCUT2D eigenvalue weighted by Gasteiger charge is -2.37. The van der Waals surface area contributed by atoms with Crippen LogP contribution in [-0.2, 0) is 11.3 Å². The second-order valence-corrected chi connectivity index (χ2v) is 6.89. The van der Waals surface area contributed by atoms with E-state index in [1.54, 1.807) is 22.1 Å². The van der Waals surface area contributed by atoms with Gasteiger partial charge >= 0.3 is 5.97 Å². The van der Waals surface area contributed by atoms with Crippen molar-refractivity contribution in [3.63, 3.8) is 0 Å². The molecule has 0 bridgehead atoms. The molecule has 6 nitrogen and oxygen atoms in total. The van der Waals surface area contributed by atoms with Gasteiger partial charge in [-0.1, -0.05) is 23.5 Å². The number of carbonyl (C=O) groups excluding carboxylic acids is 1. The van der Waals surface area contributed by atoms with E-state index in [0.717, 1.165) is 22.9 Å². The average Bonchev–Trinajstić information content (AvgIpc) is 3.13. The molecule has 1 aliphatic rings. The predicted molar refractivity (Wildman–Crippen MR) is 93.7 cm³/mol. The highest BCUT2D eigenvalue weighted by molar-refractivity contribution is 7.22. The van der Waals surface area contributed by atoms with Crippen LogP contribution in [0.25, 0.3) is 10.2 Å². The normalized spacial score (nSPS) is 14.8. The number of aryl methyl sites for hydroxylation is 2. The summed E-state index contributed by atoms with van der Waals surface area (Å²) in [5, 5.41) is 5.25. The third-order valence-electron chi connectivity index (χ3n) is 4.16. The number of para-hydroxylation sites is 1. The molecule has 1 saturated heterocycles. The van der Waals surface area contributed by atoms with Crippen molar-refractivity contribution in [3.05, 3.63) is 41.7 Å². The molecule has 1 aliphatic heterocycles. The Morgan fingerprint density at radius 2 is 2.17 bits per heavy atom. The average molecular weight is 342 g/mol. The fraction of sp³-hybridized carbons (Fsp3) is 0.353. The number of thiazole rings is 1. The zero-order valence-corrected chi connectivity index (χ0v) is 14.4. The summed E-state index contributed by atoms with van der Waals surface area (Å²) in [5.41, 5.74) is 2.36. The number of carbonyl (C=O) groups is 1. The maximum absolute atomic E-state index is 12.2. The molecule has 0 amide bonds. The lowest BCUT2D eigenvalue weighted by atomic mass is 10.2. The van der Waals surface area contributed by atoms with Crippen LogP contribution in [-0.4, -0.2) is 39.9 Å². The van der Waals surface area contributed by atoms with E-state index in [1.165, 1.54) is 4.70 Å².